The Bertz CT molecular complexity index is 1200. The number of hydrogen-bond donors (Lipinski definition) is 0. The Kier molecular flexibility index (Phi) is 5.20. The lowest BCUT2D eigenvalue weighted by Crippen LogP contribution is -2.34. The Labute approximate surface area is 181 Å². The van der Waals surface area contributed by atoms with Crippen LogP contribution in [0.4, 0.5) is 0 Å². The maximum atomic E-state index is 13.1. The Balaban J connectivity index is 1.29. The van der Waals surface area contributed by atoms with Crippen LogP contribution in [0.5, 0.6) is 0 Å². The minimum atomic E-state index is 0.0238. The number of amides is 1. The summed E-state index contributed by atoms with van der Waals surface area (Å²) >= 11 is 0. The van der Waals surface area contributed by atoms with Crippen molar-refractivity contribution in [2.45, 2.75) is 38.8 Å². The van der Waals surface area contributed by atoms with Gasteiger partial charge >= 0.3 is 0 Å². The molecule has 3 heterocycles. The molecule has 0 aliphatic carbocycles. The molecular weight excluding hydrogens is 386 g/mol. The molecule has 5 rings (SSSR count). The van der Waals surface area contributed by atoms with Crippen LogP contribution in [0.2, 0.25) is 0 Å². The lowest BCUT2D eigenvalue weighted by Gasteiger charge is -2.24. The summed E-state index contributed by atoms with van der Waals surface area (Å²) in [5.74, 6) is 0.0590. The van der Waals surface area contributed by atoms with E-state index in [0.29, 0.717) is 0 Å². The molecular formula is C25H25N5O. The number of carbonyl (C=O) groups excluding carboxylic acids is 1. The first-order chi connectivity index (χ1) is 15.2. The highest BCUT2D eigenvalue weighted by Crippen LogP contribution is 2.31. The first kappa shape index (κ1) is 19.4. The first-order valence-electron chi connectivity index (χ1n) is 10.8. The van der Waals surface area contributed by atoms with E-state index in [1.54, 1.807) is 4.68 Å². The highest BCUT2D eigenvalue weighted by molar-refractivity contribution is 5.80. The molecule has 1 amide bonds. The molecule has 2 aromatic heterocycles. The molecule has 1 unspecified atom stereocenters. The molecule has 1 saturated heterocycles. The summed E-state index contributed by atoms with van der Waals surface area (Å²) < 4.78 is 1.69. The van der Waals surface area contributed by atoms with Gasteiger partial charge in [0.2, 0.25) is 5.91 Å². The van der Waals surface area contributed by atoms with Crippen LogP contribution < -0.4 is 0 Å². The van der Waals surface area contributed by atoms with E-state index in [9.17, 15) is 4.79 Å². The van der Waals surface area contributed by atoms with Crippen LogP contribution in [0, 0.1) is 6.92 Å². The third-order valence-corrected chi connectivity index (χ3v) is 6.00. The third-order valence-electron chi connectivity index (χ3n) is 6.00. The van der Waals surface area contributed by atoms with E-state index in [1.165, 1.54) is 16.7 Å². The van der Waals surface area contributed by atoms with Crippen LogP contribution in [0.1, 0.15) is 41.3 Å². The molecule has 1 aliphatic heterocycles. The van der Waals surface area contributed by atoms with Crippen molar-refractivity contribution >= 4 is 16.9 Å². The van der Waals surface area contributed by atoms with Gasteiger partial charge in [0, 0.05) is 12.7 Å². The number of carbonyl (C=O) groups is 1. The first-order valence-corrected chi connectivity index (χ1v) is 10.8. The zero-order valence-electron chi connectivity index (χ0n) is 17.6. The number of para-hydroxylation sites is 1. The van der Waals surface area contributed by atoms with Gasteiger partial charge in [-0.2, -0.15) is 0 Å². The standard InChI is InChI=1S/C25H25N5O/c1-18-8-10-19(11-9-18)15-20-12-13-21(26-16-20)23-7-4-14-29(23)25(31)17-30-24-6-3-2-5-22(24)27-28-30/h2-3,5-6,8-13,16,23H,4,7,14-15,17H2,1H3. The van der Waals surface area contributed by atoms with Gasteiger partial charge in [-0.25, -0.2) is 4.68 Å². The zero-order valence-corrected chi connectivity index (χ0v) is 17.6. The average molecular weight is 412 g/mol. The molecule has 156 valence electrons. The molecule has 0 radical (unpaired) electrons. The van der Waals surface area contributed by atoms with Gasteiger partial charge in [-0.3, -0.25) is 9.78 Å². The summed E-state index contributed by atoms with van der Waals surface area (Å²) in [6.45, 7) is 3.05. The molecule has 6 nitrogen and oxygen atoms in total. The van der Waals surface area contributed by atoms with E-state index in [4.69, 9.17) is 4.98 Å². The Morgan fingerprint density at radius 1 is 1.03 bits per heavy atom. The van der Waals surface area contributed by atoms with Gasteiger partial charge in [0.15, 0.2) is 0 Å². The van der Waals surface area contributed by atoms with E-state index in [2.05, 4.69) is 53.6 Å². The van der Waals surface area contributed by atoms with Gasteiger partial charge in [0.1, 0.15) is 12.1 Å². The van der Waals surface area contributed by atoms with Crippen LogP contribution in [0.15, 0.2) is 66.9 Å². The highest BCUT2D eigenvalue weighted by atomic mass is 16.2. The summed E-state index contributed by atoms with van der Waals surface area (Å²) in [6, 6.07) is 20.5. The van der Waals surface area contributed by atoms with Gasteiger partial charge in [0.25, 0.3) is 0 Å². The Morgan fingerprint density at radius 2 is 1.84 bits per heavy atom. The second-order valence-corrected chi connectivity index (χ2v) is 8.23. The van der Waals surface area contributed by atoms with Crippen LogP contribution in [0.25, 0.3) is 11.0 Å². The Hall–Kier alpha value is -3.54. The van der Waals surface area contributed by atoms with Crippen LogP contribution in [-0.2, 0) is 17.8 Å². The normalized spacial score (nSPS) is 16.2. The van der Waals surface area contributed by atoms with Gasteiger partial charge in [-0.05, 0) is 55.5 Å². The maximum absolute atomic E-state index is 13.1. The molecule has 6 heteroatoms. The van der Waals surface area contributed by atoms with E-state index in [-0.39, 0.29) is 18.5 Å². The lowest BCUT2D eigenvalue weighted by molar-refractivity contribution is -0.133. The predicted molar refractivity (Wildman–Crippen MR) is 119 cm³/mol. The summed E-state index contributed by atoms with van der Waals surface area (Å²) in [6.07, 6.45) is 4.73. The van der Waals surface area contributed by atoms with Crippen molar-refractivity contribution in [2.24, 2.45) is 0 Å². The van der Waals surface area contributed by atoms with Crippen LogP contribution >= 0.6 is 0 Å². The number of nitrogens with zero attached hydrogens (tertiary/aromatic N) is 5. The van der Waals surface area contributed by atoms with Gasteiger partial charge in [-0.1, -0.05) is 53.2 Å². The zero-order chi connectivity index (χ0) is 21.2. The second kappa shape index (κ2) is 8.30. The quantitative estimate of drug-likeness (QED) is 0.496. The average Bonchev–Trinajstić information content (AvgIpc) is 3.44. The number of benzene rings is 2. The summed E-state index contributed by atoms with van der Waals surface area (Å²) in [4.78, 5) is 19.8. The minimum Gasteiger partial charge on any atom is -0.332 e. The number of fused-ring (bicyclic) bond motifs is 1. The predicted octanol–water partition coefficient (Wildman–Crippen LogP) is 4.09. The highest BCUT2D eigenvalue weighted by Gasteiger charge is 2.31. The van der Waals surface area contributed by atoms with Crippen LogP contribution in [0.3, 0.4) is 0 Å². The van der Waals surface area contributed by atoms with Crippen molar-refractivity contribution in [3.05, 3.63) is 89.2 Å². The summed E-state index contributed by atoms with van der Waals surface area (Å²) in [5.41, 5.74) is 6.36. The number of aromatic nitrogens is 4. The number of hydrogen-bond acceptors (Lipinski definition) is 4. The van der Waals surface area contributed by atoms with Crippen molar-refractivity contribution in [2.75, 3.05) is 6.54 Å². The van der Waals surface area contributed by atoms with E-state index < -0.39 is 0 Å². The van der Waals surface area contributed by atoms with Gasteiger partial charge in [-0.15, -0.1) is 5.10 Å². The van der Waals surface area contributed by atoms with Crippen LogP contribution in [-0.4, -0.2) is 37.3 Å². The smallest absolute Gasteiger partial charge is 0.244 e. The van der Waals surface area contributed by atoms with Crippen molar-refractivity contribution in [1.29, 1.82) is 0 Å². The fourth-order valence-corrected chi connectivity index (χ4v) is 4.31. The van der Waals surface area contributed by atoms with Crippen molar-refractivity contribution in [3.8, 4) is 0 Å². The molecule has 1 fully saturated rings. The van der Waals surface area contributed by atoms with E-state index >= 15 is 0 Å². The van der Waals surface area contributed by atoms with Crippen molar-refractivity contribution < 1.29 is 4.79 Å². The van der Waals surface area contributed by atoms with E-state index in [0.717, 1.165) is 42.5 Å². The largest absolute Gasteiger partial charge is 0.332 e. The number of aryl methyl sites for hydroxylation is 1. The fourth-order valence-electron chi connectivity index (χ4n) is 4.31. The SMILES string of the molecule is Cc1ccc(Cc2ccc(C3CCCN3C(=O)Cn3nnc4ccccc43)nc2)cc1. The molecule has 0 bridgehead atoms. The summed E-state index contributed by atoms with van der Waals surface area (Å²) in [7, 11) is 0. The molecule has 31 heavy (non-hydrogen) atoms. The van der Waals surface area contributed by atoms with Crippen molar-refractivity contribution in [1.82, 2.24) is 24.9 Å². The summed E-state index contributed by atoms with van der Waals surface area (Å²) in [5, 5.41) is 8.32. The topological polar surface area (TPSA) is 63.9 Å². The minimum absolute atomic E-state index is 0.0238. The monoisotopic (exact) mass is 411 g/mol. The number of rotatable bonds is 5. The number of likely N-dealkylation sites (tertiary alicyclic amines) is 1. The molecule has 1 atom stereocenters. The molecule has 0 saturated carbocycles. The van der Waals surface area contributed by atoms with Crippen molar-refractivity contribution in [3.63, 3.8) is 0 Å². The third kappa shape index (κ3) is 4.06. The molecule has 2 aromatic carbocycles. The fraction of sp³-hybridized carbons (Fsp3) is 0.280. The molecule has 0 N–H and O–H groups in total. The lowest BCUT2D eigenvalue weighted by atomic mass is 10.0. The maximum Gasteiger partial charge on any atom is 0.244 e. The van der Waals surface area contributed by atoms with E-state index in [1.807, 2.05) is 35.4 Å². The van der Waals surface area contributed by atoms with Gasteiger partial charge < -0.3 is 4.90 Å². The molecule has 0 spiro atoms. The molecule has 4 aromatic rings. The Morgan fingerprint density at radius 3 is 2.65 bits per heavy atom. The second-order valence-electron chi connectivity index (χ2n) is 8.23. The number of pyridine rings is 1. The molecule has 1 aliphatic rings. The van der Waals surface area contributed by atoms with Gasteiger partial charge in [0.05, 0.1) is 17.3 Å².